The molecule has 2 rings (SSSR count). The maximum atomic E-state index is 11.8. The number of hydrazone groups is 1. The quantitative estimate of drug-likeness (QED) is 0.643. The fourth-order valence-electron chi connectivity index (χ4n) is 2.25. The number of hydrogen-bond acceptors (Lipinski definition) is 2. The summed E-state index contributed by atoms with van der Waals surface area (Å²) in [4.78, 5) is 11.8. The minimum Gasteiger partial charge on any atom is -0.267 e. The van der Waals surface area contributed by atoms with Crippen molar-refractivity contribution in [1.29, 1.82) is 0 Å². The number of carbonyl (C=O) groups is 1. The number of amides is 1. The molecule has 3 nitrogen and oxygen atoms in total. The third-order valence-electron chi connectivity index (χ3n) is 3.42. The lowest BCUT2D eigenvalue weighted by atomic mass is 9.90. The topological polar surface area (TPSA) is 41.5 Å². The van der Waals surface area contributed by atoms with Crippen LogP contribution in [0.25, 0.3) is 0 Å². The van der Waals surface area contributed by atoms with Crippen molar-refractivity contribution >= 4 is 12.1 Å². The van der Waals surface area contributed by atoms with Gasteiger partial charge in [0.2, 0.25) is 0 Å². The summed E-state index contributed by atoms with van der Waals surface area (Å²) >= 11 is 0. The molecule has 0 atom stereocenters. The molecule has 1 N–H and O–H groups in total. The summed E-state index contributed by atoms with van der Waals surface area (Å²) in [5.41, 5.74) is 4.40. The molecule has 0 spiro atoms. The van der Waals surface area contributed by atoms with Crippen molar-refractivity contribution in [2.45, 2.75) is 39.0 Å². The normalized spacial score (nSPS) is 16.9. The summed E-state index contributed by atoms with van der Waals surface area (Å²) in [5.74, 6) is 0.402. The molecule has 96 valence electrons. The number of carbonyl (C=O) groups excluding carboxylic acids is 1. The molecule has 3 heteroatoms. The van der Waals surface area contributed by atoms with Gasteiger partial charge in [-0.05, 0) is 37.8 Å². The minimum atomic E-state index is -0.137. The first-order chi connectivity index (χ1) is 8.75. The molecule has 1 saturated carbocycles. The van der Waals surface area contributed by atoms with E-state index in [0.29, 0.717) is 11.5 Å². The van der Waals surface area contributed by atoms with E-state index in [9.17, 15) is 4.79 Å². The first-order valence-corrected chi connectivity index (χ1v) is 6.66. The van der Waals surface area contributed by atoms with E-state index in [1.807, 2.05) is 37.4 Å². The number of rotatable bonds is 3. The molecule has 0 bridgehead atoms. The van der Waals surface area contributed by atoms with Crippen LogP contribution < -0.4 is 5.43 Å². The van der Waals surface area contributed by atoms with Gasteiger partial charge in [-0.2, -0.15) is 5.10 Å². The van der Waals surface area contributed by atoms with Crippen molar-refractivity contribution < 1.29 is 4.79 Å². The Bertz CT molecular complexity index is 417. The van der Waals surface area contributed by atoms with Gasteiger partial charge in [0.25, 0.3) is 5.91 Å². The van der Waals surface area contributed by atoms with Crippen LogP contribution in [0.2, 0.25) is 0 Å². The van der Waals surface area contributed by atoms with Crippen LogP contribution in [-0.2, 0) is 0 Å². The molecule has 0 heterocycles. The molecule has 1 aliphatic carbocycles. The summed E-state index contributed by atoms with van der Waals surface area (Å²) in [6, 6.07) is 7.50. The Hall–Kier alpha value is -1.64. The van der Waals surface area contributed by atoms with E-state index in [1.54, 1.807) is 0 Å². The molecule has 0 radical (unpaired) electrons. The van der Waals surface area contributed by atoms with Gasteiger partial charge in [-0.3, -0.25) is 4.79 Å². The van der Waals surface area contributed by atoms with Gasteiger partial charge in [0.1, 0.15) is 0 Å². The fourth-order valence-corrected chi connectivity index (χ4v) is 2.25. The van der Waals surface area contributed by atoms with E-state index >= 15 is 0 Å². The van der Waals surface area contributed by atoms with Crippen molar-refractivity contribution in [3.05, 3.63) is 35.4 Å². The number of aryl methyl sites for hydroxylation is 1. The molecule has 1 aromatic carbocycles. The molecule has 1 aromatic rings. The summed E-state index contributed by atoms with van der Waals surface area (Å²) in [5, 5.41) is 4.07. The van der Waals surface area contributed by atoms with E-state index in [2.05, 4.69) is 10.5 Å². The smallest absolute Gasteiger partial charge is 0.267 e. The first kappa shape index (κ1) is 12.8. The fraction of sp³-hybridized carbons (Fsp3) is 0.467. The van der Waals surface area contributed by atoms with Crippen LogP contribution in [0, 0.1) is 12.8 Å². The molecule has 1 aliphatic rings. The molecule has 1 amide bonds. The minimum absolute atomic E-state index is 0.137. The molecule has 0 aromatic heterocycles. The Morgan fingerprint density at radius 1 is 1.22 bits per heavy atom. The Morgan fingerprint density at radius 2 is 1.89 bits per heavy atom. The number of nitrogens with one attached hydrogen (secondary N) is 1. The van der Waals surface area contributed by atoms with Gasteiger partial charge in [-0.25, -0.2) is 5.43 Å². The Labute approximate surface area is 108 Å². The van der Waals surface area contributed by atoms with E-state index in [0.717, 1.165) is 5.56 Å². The van der Waals surface area contributed by atoms with E-state index in [-0.39, 0.29) is 5.91 Å². The van der Waals surface area contributed by atoms with Gasteiger partial charge in [-0.1, -0.05) is 37.0 Å². The second-order valence-corrected chi connectivity index (χ2v) is 4.98. The average Bonchev–Trinajstić information content (AvgIpc) is 2.40. The Balaban J connectivity index is 1.83. The first-order valence-electron chi connectivity index (χ1n) is 6.66. The van der Waals surface area contributed by atoms with E-state index in [1.165, 1.54) is 32.1 Å². The van der Waals surface area contributed by atoms with Crippen LogP contribution in [0.1, 0.15) is 48.0 Å². The Kier molecular flexibility index (Phi) is 4.51. The highest BCUT2D eigenvalue weighted by Gasteiger charge is 2.10. The molecular formula is C15H20N2O. The van der Waals surface area contributed by atoms with Crippen LogP contribution in [0.15, 0.2) is 29.4 Å². The van der Waals surface area contributed by atoms with Gasteiger partial charge >= 0.3 is 0 Å². The zero-order valence-corrected chi connectivity index (χ0v) is 10.9. The van der Waals surface area contributed by atoms with Crippen LogP contribution in [0.3, 0.4) is 0 Å². The predicted molar refractivity (Wildman–Crippen MR) is 73.7 cm³/mol. The second kappa shape index (κ2) is 6.34. The van der Waals surface area contributed by atoms with Crippen molar-refractivity contribution in [3.8, 4) is 0 Å². The third kappa shape index (κ3) is 3.69. The SMILES string of the molecule is Cc1ccc(C(=O)NN=CC2CCCCC2)cc1. The average molecular weight is 244 g/mol. The summed E-state index contributed by atoms with van der Waals surface area (Å²) in [6.07, 6.45) is 8.18. The lowest BCUT2D eigenvalue weighted by Gasteiger charge is -2.16. The monoisotopic (exact) mass is 244 g/mol. The zero-order valence-electron chi connectivity index (χ0n) is 10.9. The highest BCUT2D eigenvalue weighted by Crippen LogP contribution is 2.21. The molecule has 0 saturated heterocycles. The van der Waals surface area contributed by atoms with Gasteiger partial charge in [-0.15, -0.1) is 0 Å². The van der Waals surface area contributed by atoms with Crippen molar-refractivity contribution in [3.63, 3.8) is 0 Å². The van der Waals surface area contributed by atoms with E-state index in [4.69, 9.17) is 0 Å². The van der Waals surface area contributed by atoms with Crippen LogP contribution in [0.4, 0.5) is 0 Å². The second-order valence-electron chi connectivity index (χ2n) is 4.98. The van der Waals surface area contributed by atoms with Gasteiger partial charge in [0, 0.05) is 11.8 Å². The van der Waals surface area contributed by atoms with E-state index < -0.39 is 0 Å². The van der Waals surface area contributed by atoms with Crippen molar-refractivity contribution in [2.75, 3.05) is 0 Å². The van der Waals surface area contributed by atoms with Gasteiger partial charge in [0.05, 0.1) is 0 Å². The maximum Gasteiger partial charge on any atom is 0.271 e. The highest BCUT2D eigenvalue weighted by atomic mass is 16.2. The third-order valence-corrected chi connectivity index (χ3v) is 3.42. The predicted octanol–water partition coefficient (Wildman–Crippen LogP) is 3.29. The van der Waals surface area contributed by atoms with Crippen LogP contribution in [-0.4, -0.2) is 12.1 Å². The largest absolute Gasteiger partial charge is 0.271 e. The van der Waals surface area contributed by atoms with Crippen molar-refractivity contribution in [1.82, 2.24) is 5.43 Å². The number of benzene rings is 1. The van der Waals surface area contributed by atoms with Gasteiger partial charge < -0.3 is 0 Å². The summed E-state index contributed by atoms with van der Waals surface area (Å²) in [7, 11) is 0. The van der Waals surface area contributed by atoms with Crippen LogP contribution in [0.5, 0.6) is 0 Å². The molecule has 18 heavy (non-hydrogen) atoms. The number of hydrogen-bond donors (Lipinski definition) is 1. The van der Waals surface area contributed by atoms with Crippen molar-refractivity contribution in [2.24, 2.45) is 11.0 Å². The van der Waals surface area contributed by atoms with Crippen LogP contribution >= 0.6 is 0 Å². The molecule has 1 fully saturated rings. The zero-order chi connectivity index (χ0) is 12.8. The maximum absolute atomic E-state index is 11.8. The molecule has 0 unspecified atom stereocenters. The number of nitrogens with zero attached hydrogens (tertiary/aromatic N) is 1. The lowest BCUT2D eigenvalue weighted by molar-refractivity contribution is 0.0955. The Morgan fingerprint density at radius 3 is 2.56 bits per heavy atom. The standard InChI is InChI=1S/C15H20N2O/c1-12-7-9-14(10-8-12)15(18)17-16-11-13-5-3-2-4-6-13/h7-11,13H,2-6H2,1H3,(H,17,18). The molecule has 0 aliphatic heterocycles. The summed E-state index contributed by atoms with van der Waals surface area (Å²) in [6.45, 7) is 2.00. The van der Waals surface area contributed by atoms with Gasteiger partial charge in [0.15, 0.2) is 0 Å². The molecular weight excluding hydrogens is 224 g/mol. The highest BCUT2D eigenvalue weighted by molar-refractivity contribution is 5.94. The summed E-state index contributed by atoms with van der Waals surface area (Å²) < 4.78 is 0. The lowest BCUT2D eigenvalue weighted by Crippen LogP contribution is -2.19.